The highest BCUT2D eigenvalue weighted by Gasteiger charge is 2.21. The highest BCUT2D eigenvalue weighted by Crippen LogP contribution is 2.26. The Hall–Kier alpha value is -1.24. The number of thioether (sulfide) groups is 1. The zero-order valence-electron chi connectivity index (χ0n) is 12.2. The summed E-state index contributed by atoms with van der Waals surface area (Å²) in [6.07, 6.45) is 0. The lowest BCUT2D eigenvalue weighted by molar-refractivity contribution is -0.793. The van der Waals surface area contributed by atoms with Gasteiger partial charge < -0.3 is 10.1 Å². The summed E-state index contributed by atoms with van der Waals surface area (Å²) >= 11 is 1.55. The summed E-state index contributed by atoms with van der Waals surface area (Å²) < 4.78 is 4.74. The number of hydrogen-bond acceptors (Lipinski definition) is 5. The number of benzene rings is 1. The van der Waals surface area contributed by atoms with E-state index >= 15 is 0 Å². The van der Waals surface area contributed by atoms with Gasteiger partial charge in [-0.1, -0.05) is 55.9 Å². The molecule has 116 valence electrons. The van der Waals surface area contributed by atoms with Crippen LogP contribution in [0.5, 0.6) is 0 Å². The molecule has 0 aliphatic rings. The molecule has 0 bridgehead atoms. The molecule has 2 rings (SSSR count). The standard InChI is InChI=1S/C14H19N3O2S.ClH/c1-3-16(4-2)10-11-20-14-13(17(18)19-15-14)12-8-6-5-7-9-12;/h5-9H,3-4,10-11H2,1-2H3;1H. The van der Waals surface area contributed by atoms with Crippen LogP contribution in [-0.4, -0.2) is 35.4 Å². The second kappa shape index (κ2) is 8.92. The van der Waals surface area contributed by atoms with E-state index in [0.29, 0.717) is 15.6 Å². The van der Waals surface area contributed by atoms with Gasteiger partial charge in [0.25, 0.3) is 5.03 Å². The highest BCUT2D eigenvalue weighted by molar-refractivity contribution is 7.99. The lowest BCUT2D eigenvalue weighted by atomic mass is 10.2. The van der Waals surface area contributed by atoms with Gasteiger partial charge in [0.1, 0.15) is 0 Å². The topological polar surface area (TPSA) is 56.2 Å². The highest BCUT2D eigenvalue weighted by atomic mass is 35.5. The van der Waals surface area contributed by atoms with Gasteiger partial charge in [0, 0.05) is 17.9 Å². The van der Waals surface area contributed by atoms with Crippen LogP contribution in [0, 0.1) is 5.21 Å². The molecule has 0 unspecified atom stereocenters. The van der Waals surface area contributed by atoms with Crippen molar-refractivity contribution in [3.63, 3.8) is 0 Å². The Morgan fingerprint density at radius 3 is 2.52 bits per heavy atom. The summed E-state index contributed by atoms with van der Waals surface area (Å²) in [6.45, 7) is 7.32. The van der Waals surface area contributed by atoms with Crippen LogP contribution < -0.4 is 4.90 Å². The first-order valence-corrected chi connectivity index (χ1v) is 7.75. The largest absolute Gasteiger partial charge is 0.359 e. The van der Waals surface area contributed by atoms with Gasteiger partial charge in [-0.3, -0.25) is 4.63 Å². The predicted molar refractivity (Wildman–Crippen MR) is 86.7 cm³/mol. The molecular formula is C14H20ClN3O2S. The van der Waals surface area contributed by atoms with Crippen molar-refractivity contribution in [3.05, 3.63) is 35.5 Å². The van der Waals surface area contributed by atoms with Crippen molar-refractivity contribution in [3.8, 4) is 11.3 Å². The van der Waals surface area contributed by atoms with E-state index in [1.807, 2.05) is 30.3 Å². The molecule has 2 aromatic rings. The van der Waals surface area contributed by atoms with E-state index in [1.54, 1.807) is 11.8 Å². The minimum absolute atomic E-state index is 0. The first-order valence-electron chi connectivity index (χ1n) is 6.76. The Bertz CT molecular complexity index is 532. The van der Waals surface area contributed by atoms with E-state index in [1.165, 1.54) is 0 Å². The van der Waals surface area contributed by atoms with Crippen LogP contribution >= 0.6 is 24.2 Å². The van der Waals surface area contributed by atoms with Crippen molar-refractivity contribution in [1.82, 2.24) is 10.1 Å². The Morgan fingerprint density at radius 1 is 1.24 bits per heavy atom. The molecule has 21 heavy (non-hydrogen) atoms. The van der Waals surface area contributed by atoms with Crippen LogP contribution in [0.3, 0.4) is 0 Å². The van der Waals surface area contributed by atoms with Crippen LogP contribution in [0.25, 0.3) is 11.3 Å². The van der Waals surface area contributed by atoms with Crippen LogP contribution in [0.15, 0.2) is 40.0 Å². The molecule has 1 aromatic heterocycles. The molecule has 7 heteroatoms. The van der Waals surface area contributed by atoms with Gasteiger partial charge in [-0.15, -0.1) is 12.4 Å². The molecule has 1 heterocycles. The summed E-state index contributed by atoms with van der Waals surface area (Å²) in [5.74, 6) is 0.883. The van der Waals surface area contributed by atoms with Gasteiger partial charge in [-0.2, -0.15) is 0 Å². The Labute approximate surface area is 135 Å². The normalized spacial score (nSPS) is 10.6. The molecule has 0 radical (unpaired) electrons. The number of nitrogens with zero attached hydrogens (tertiary/aromatic N) is 3. The third-order valence-corrected chi connectivity index (χ3v) is 4.10. The van der Waals surface area contributed by atoms with Crippen molar-refractivity contribution < 1.29 is 9.53 Å². The number of halogens is 1. The molecule has 0 saturated heterocycles. The fourth-order valence-electron chi connectivity index (χ4n) is 1.97. The fraction of sp³-hybridized carbons (Fsp3) is 0.429. The molecule has 5 nitrogen and oxygen atoms in total. The summed E-state index contributed by atoms with van der Waals surface area (Å²) in [5.41, 5.74) is 1.32. The van der Waals surface area contributed by atoms with Crippen molar-refractivity contribution in [2.24, 2.45) is 0 Å². The van der Waals surface area contributed by atoms with Crippen LogP contribution in [0.1, 0.15) is 13.8 Å². The van der Waals surface area contributed by atoms with Gasteiger partial charge in [-0.25, -0.2) is 0 Å². The van der Waals surface area contributed by atoms with Crippen LogP contribution in [-0.2, 0) is 0 Å². The van der Waals surface area contributed by atoms with Gasteiger partial charge in [-0.05, 0) is 18.0 Å². The molecule has 0 atom stereocenters. The summed E-state index contributed by atoms with van der Waals surface area (Å²) in [5, 5.41) is 16.2. The van der Waals surface area contributed by atoms with E-state index in [2.05, 4.69) is 23.9 Å². The zero-order chi connectivity index (χ0) is 14.4. The van der Waals surface area contributed by atoms with Crippen LogP contribution in [0.4, 0.5) is 0 Å². The Morgan fingerprint density at radius 2 is 1.90 bits per heavy atom. The first kappa shape index (κ1) is 17.8. The quantitative estimate of drug-likeness (QED) is 0.577. The van der Waals surface area contributed by atoms with E-state index in [0.717, 1.165) is 31.0 Å². The molecule has 1 aromatic carbocycles. The molecule has 0 spiro atoms. The first-order chi connectivity index (χ1) is 9.76. The Balaban J connectivity index is 0.00000220. The van der Waals surface area contributed by atoms with Gasteiger partial charge in [0.2, 0.25) is 5.69 Å². The molecular weight excluding hydrogens is 310 g/mol. The van der Waals surface area contributed by atoms with Crippen molar-refractivity contribution >= 4 is 24.2 Å². The fourth-order valence-corrected chi connectivity index (χ4v) is 2.93. The van der Waals surface area contributed by atoms with E-state index < -0.39 is 0 Å². The van der Waals surface area contributed by atoms with E-state index in [4.69, 9.17) is 4.63 Å². The van der Waals surface area contributed by atoms with E-state index in [-0.39, 0.29) is 12.4 Å². The third kappa shape index (κ3) is 4.62. The lowest BCUT2D eigenvalue weighted by Crippen LogP contribution is -2.26. The van der Waals surface area contributed by atoms with E-state index in [9.17, 15) is 5.21 Å². The van der Waals surface area contributed by atoms with Crippen LogP contribution in [0.2, 0.25) is 0 Å². The smallest absolute Gasteiger partial charge is 0.282 e. The van der Waals surface area contributed by atoms with Gasteiger partial charge in [0.05, 0.1) is 5.16 Å². The molecule has 0 saturated carbocycles. The van der Waals surface area contributed by atoms with Crippen molar-refractivity contribution in [2.75, 3.05) is 25.4 Å². The summed E-state index contributed by atoms with van der Waals surface area (Å²) in [6, 6.07) is 9.48. The maximum absolute atomic E-state index is 11.7. The second-order valence-electron chi connectivity index (χ2n) is 4.33. The maximum Gasteiger partial charge on any atom is 0.282 e. The molecule has 0 fully saturated rings. The molecule has 0 aliphatic carbocycles. The second-order valence-corrected chi connectivity index (χ2v) is 5.41. The number of rotatable bonds is 7. The Kier molecular flexibility index (Phi) is 7.56. The van der Waals surface area contributed by atoms with Gasteiger partial charge >= 0.3 is 0 Å². The maximum atomic E-state index is 11.7. The molecule has 0 amide bonds. The predicted octanol–water partition coefficient (Wildman–Crippen LogP) is 2.83. The minimum Gasteiger partial charge on any atom is -0.359 e. The number of hydrogen-bond donors (Lipinski definition) is 0. The average molecular weight is 330 g/mol. The monoisotopic (exact) mass is 329 g/mol. The molecule has 0 N–H and O–H groups in total. The van der Waals surface area contributed by atoms with Crippen molar-refractivity contribution in [2.45, 2.75) is 18.9 Å². The third-order valence-electron chi connectivity index (χ3n) is 3.17. The summed E-state index contributed by atoms with van der Waals surface area (Å²) in [7, 11) is 0. The number of aromatic nitrogens is 2. The van der Waals surface area contributed by atoms with Crippen molar-refractivity contribution in [1.29, 1.82) is 0 Å². The summed E-state index contributed by atoms with van der Waals surface area (Å²) in [4.78, 5) is 2.82. The lowest BCUT2D eigenvalue weighted by Gasteiger charge is -2.16. The minimum atomic E-state index is 0. The van der Waals surface area contributed by atoms with Gasteiger partial charge in [0.15, 0.2) is 0 Å². The molecule has 0 aliphatic heterocycles. The average Bonchev–Trinajstić information content (AvgIpc) is 2.85. The zero-order valence-corrected chi connectivity index (χ0v) is 13.8. The SMILES string of the molecule is CCN(CC)CCSc1no[n+]([O-])c1-c1ccccc1.Cl.